The first-order chi connectivity index (χ1) is 8.69. The Morgan fingerprint density at radius 2 is 2.00 bits per heavy atom. The molecule has 0 saturated carbocycles. The maximum atomic E-state index is 10.5. The molecule has 4 nitrogen and oxygen atoms in total. The third kappa shape index (κ3) is 3.01. The number of benzene rings is 1. The lowest BCUT2D eigenvalue weighted by atomic mass is 10.1. The first-order valence-electron chi connectivity index (χ1n) is 5.56. The SMILES string of the molecule is CCc1ccc(N=Cc2ccc([N+](=O)[O-])s2)cc1. The lowest BCUT2D eigenvalue weighted by Gasteiger charge is -1.96. The van der Waals surface area contributed by atoms with E-state index in [-0.39, 0.29) is 5.00 Å². The van der Waals surface area contributed by atoms with Crippen molar-refractivity contribution in [3.63, 3.8) is 0 Å². The van der Waals surface area contributed by atoms with Crippen molar-refractivity contribution in [2.75, 3.05) is 0 Å². The van der Waals surface area contributed by atoms with Crippen LogP contribution in [0, 0.1) is 10.1 Å². The molecule has 0 atom stereocenters. The standard InChI is InChI=1S/C13H12N2O2S/c1-2-10-3-5-11(6-4-10)14-9-12-7-8-13(18-12)15(16)17/h3-9H,2H2,1H3. The van der Waals surface area contributed by atoms with Gasteiger partial charge in [0.2, 0.25) is 0 Å². The Morgan fingerprint density at radius 1 is 1.28 bits per heavy atom. The summed E-state index contributed by atoms with van der Waals surface area (Å²) in [6, 6.07) is 11.1. The molecule has 0 spiro atoms. The molecule has 0 fully saturated rings. The molecule has 1 heterocycles. The van der Waals surface area contributed by atoms with Crippen LogP contribution in [0.2, 0.25) is 0 Å². The molecule has 0 unspecified atom stereocenters. The van der Waals surface area contributed by atoms with Crippen molar-refractivity contribution < 1.29 is 4.92 Å². The zero-order chi connectivity index (χ0) is 13.0. The lowest BCUT2D eigenvalue weighted by molar-refractivity contribution is -0.380. The average Bonchev–Trinajstić information content (AvgIpc) is 2.86. The van der Waals surface area contributed by atoms with Gasteiger partial charge in [-0.05, 0) is 30.2 Å². The summed E-state index contributed by atoms with van der Waals surface area (Å²) in [5.74, 6) is 0. The Labute approximate surface area is 109 Å². The van der Waals surface area contributed by atoms with Gasteiger partial charge in [-0.1, -0.05) is 30.4 Å². The molecule has 5 heteroatoms. The van der Waals surface area contributed by atoms with E-state index in [1.807, 2.05) is 24.3 Å². The van der Waals surface area contributed by atoms with E-state index >= 15 is 0 Å². The predicted molar refractivity (Wildman–Crippen MR) is 74.0 cm³/mol. The number of nitro groups is 1. The minimum absolute atomic E-state index is 0.137. The van der Waals surface area contributed by atoms with Gasteiger partial charge < -0.3 is 0 Å². The van der Waals surface area contributed by atoms with Gasteiger partial charge >= 0.3 is 5.00 Å². The number of hydrogen-bond donors (Lipinski definition) is 0. The van der Waals surface area contributed by atoms with Crippen molar-refractivity contribution in [3.8, 4) is 0 Å². The minimum Gasteiger partial charge on any atom is -0.258 e. The van der Waals surface area contributed by atoms with Crippen molar-refractivity contribution in [3.05, 3.63) is 57.0 Å². The summed E-state index contributed by atoms with van der Waals surface area (Å²) < 4.78 is 0. The smallest absolute Gasteiger partial charge is 0.258 e. The highest BCUT2D eigenvalue weighted by Gasteiger charge is 2.07. The molecule has 18 heavy (non-hydrogen) atoms. The zero-order valence-electron chi connectivity index (χ0n) is 9.87. The number of nitrogens with zero attached hydrogens (tertiary/aromatic N) is 2. The number of hydrogen-bond acceptors (Lipinski definition) is 4. The molecule has 0 aliphatic heterocycles. The summed E-state index contributed by atoms with van der Waals surface area (Å²) in [4.78, 5) is 15.2. The summed E-state index contributed by atoms with van der Waals surface area (Å²) >= 11 is 1.12. The highest BCUT2D eigenvalue weighted by Crippen LogP contribution is 2.23. The normalized spacial score (nSPS) is 10.9. The fourth-order valence-electron chi connectivity index (χ4n) is 1.47. The van der Waals surface area contributed by atoms with Gasteiger partial charge in [-0.3, -0.25) is 15.1 Å². The van der Waals surface area contributed by atoms with Gasteiger partial charge in [0.15, 0.2) is 0 Å². The van der Waals surface area contributed by atoms with Crippen LogP contribution in [0.4, 0.5) is 10.7 Å². The second-order valence-electron chi connectivity index (χ2n) is 3.71. The van der Waals surface area contributed by atoms with Gasteiger partial charge in [0.1, 0.15) is 0 Å². The van der Waals surface area contributed by atoms with Crippen molar-refractivity contribution in [1.82, 2.24) is 0 Å². The number of thiophene rings is 1. The fraction of sp³-hybridized carbons (Fsp3) is 0.154. The topological polar surface area (TPSA) is 55.5 Å². The summed E-state index contributed by atoms with van der Waals surface area (Å²) in [6.45, 7) is 2.10. The van der Waals surface area contributed by atoms with Gasteiger partial charge in [0, 0.05) is 12.3 Å². The van der Waals surface area contributed by atoms with E-state index in [2.05, 4.69) is 11.9 Å². The maximum Gasteiger partial charge on any atom is 0.324 e. The molecule has 0 N–H and O–H groups in total. The Kier molecular flexibility index (Phi) is 3.84. The first-order valence-corrected chi connectivity index (χ1v) is 6.38. The molecule has 0 amide bonds. The van der Waals surface area contributed by atoms with E-state index in [0.717, 1.165) is 28.3 Å². The van der Waals surface area contributed by atoms with Crippen LogP contribution in [0.5, 0.6) is 0 Å². The Balaban J connectivity index is 2.11. The summed E-state index contributed by atoms with van der Waals surface area (Å²) in [7, 11) is 0. The van der Waals surface area contributed by atoms with Crippen LogP contribution >= 0.6 is 11.3 Å². The van der Waals surface area contributed by atoms with Gasteiger partial charge in [0.25, 0.3) is 0 Å². The second kappa shape index (κ2) is 5.55. The molecule has 0 aliphatic rings. The summed E-state index contributed by atoms with van der Waals surface area (Å²) in [6.07, 6.45) is 2.65. The molecule has 0 bridgehead atoms. The van der Waals surface area contributed by atoms with E-state index < -0.39 is 4.92 Å². The second-order valence-corrected chi connectivity index (χ2v) is 4.81. The van der Waals surface area contributed by atoms with Crippen LogP contribution in [-0.2, 0) is 6.42 Å². The van der Waals surface area contributed by atoms with Crippen LogP contribution in [0.25, 0.3) is 0 Å². The molecular weight excluding hydrogens is 248 g/mol. The molecule has 0 radical (unpaired) electrons. The Bertz CT molecular complexity index is 573. The number of aliphatic imine (C=N–C) groups is 1. The lowest BCUT2D eigenvalue weighted by Crippen LogP contribution is -1.80. The van der Waals surface area contributed by atoms with Crippen LogP contribution in [0.15, 0.2) is 41.4 Å². The quantitative estimate of drug-likeness (QED) is 0.474. The van der Waals surface area contributed by atoms with Gasteiger partial charge in [-0.25, -0.2) is 0 Å². The molecule has 0 aliphatic carbocycles. The number of aryl methyl sites for hydroxylation is 1. The van der Waals surface area contributed by atoms with Crippen molar-refractivity contribution in [2.45, 2.75) is 13.3 Å². The molecule has 92 valence electrons. The Hall–Kier alpha value is -2.01. The van der Waals surface area contributed by atoms with Gasteiger partial charge in [0.05, 0.1) is 15.5 Å². The molecule has 2 aromatic rings. The predicted octanol–water partition coefficient (Wildman–Crippen LogP) is 3.97. The van der Waals surface area contributed by atoms with E-state index in [9.17, 15) is 10.1 Å². The highest BCUT2D eigenvalue weighted by atomic mass is 32.1. The summed E-state index contributed by atoms with van der Waals surface area (Å²) in [5.41, 5.74) is 2.11. The van der Waals surface area contributed by atoms with Crippen LogP contribution in [-0.4, -0.2) is 11.1 Å². The first kappa shape index (κ1) is 12.4. The number of rotatable bonds is 4. The van der Waals surface area contributed by atoms with Gasteiger partial charge in [-0.15, -0.1) is 0 Å². The molecule has 1 aromatic carbocycles. The van der Waals surface area contributed by atoms with Crippen LogP contribution < -0.4 is 0 Å². The Morgan fingerprint density at radius 3 is 2.56 bits per heavy atom. The highest BCUT2D eigenvalue weighted by molar-refractivity contribution is 7.16. The van der Waals surface area contributed by atoms with E-state index in [0.29, 0.717) is 0 Å². The molecule has 1 aromatic heterocycles. The average molecular weight is 260 g/mol. The monoisotopic (exact) mass is 260 g/mol. The maximum absolute atomic E-state index is 10.5. The van der Waals surface area contributed by atoms with Crippen molar-refractivity contribution >= 4 is 28.2 Å². The van der Waals surface area contributed by atoms with E-state index in [1.54, 1.807) is 12.3 Å². The largest absolute Gasteiger partial charge is 0.324 e. The van der Waals surface area contributed by atoms with Crippen LogP contribution in [0.3, 0.4) is 0 Å². The zero-order valence-corrected chi connectivity index (χ0v) is 10.7. The van der Waals surface area contributed by atoms with Crippen LogP contribution in [0.1, 0.15) is 17.4 Å². The van der Waals surface area contributed by atoms with E-state index in [4.69, 9.17) is 0 Å². The van der Waals surface area contributed by atoms with Crippen molar-refractivity contribution in [2.24, 2.45) is 4.99 Å². The molecule has 0 saturated heterocycles. The third-order valence-electron chi connectivity index (χ3n) is 2.48. The minimum atomic E-state index is -0.391. The van der Waals surface area contributed by atoms with E-state index in [1.165, 1.54) is 11.6 Å². The summed E-state index contributed by atoms with van der Waals surface area (Å²) in [5, 5.41) is 10.7. The fourth-order valence-corrected chi connectivity index (χ4v) is 2.16. The van der Waals surface area contributed by atoms with Gasteiger partial charge in [-0.2, -0.15) is 0 Å². The third-order valence-corrected chi connectivity index (χ3v) is 3.45. The molecular formula is C13H12N2O2S. The molecule has 2 rings (SSSR count). The van der Waals surface area contributed by atoms with Crippen molar-refractivity contribution in [1.29, 1.82) is 0 Å².